The van der Waals surface area contributed by atoms with E-state index in [1.807, 2.05) is 30.3 Å². The number of nitrogens with one attached hydrogen (secondary N) is 2. The minimum atomic E-state index is -4.53. The number of amides is 2. The van der Waals surface area contributed by atoms with Gasteiger partial charge in [0.25, 0.3) is 0 Å². The summed E-state index contributed by atoms with van der Waals surface area (Å²) in [5, 5.41) is 5.01. The van der Waals surface area contributed by atoms with Gasteiger partial charge in [0.15, 0.2) is 0 Å². The van der Waals surface area contributed by atoms with E-state index >= 15 is 0 Å². The molecule has 0 atom stereocenters. The van der Waals surface area contributed by atoms with E-state index in [1.165, 1.54) is 6.07 Å². The number of nitrogens with two attached hydrogens (primary N) is 1. The Morgan fingerprint density at radius 2 is 1.64 bits per heavy atom. The van der Waals surface area contributed by atoms with E-state index in [1.54, 1.807) is 0 Å². The molecule has 0 aliphatic rings. The molecule has 0 fully saturated rings. The summed E-state index contributed by atoms with van der Waals surface area (Å²) in [4.78, 5) is 23.7. The summed E-state index contributed by atoms with van der Waals surface area (Å²) in [5.41, 5.74) is 5.66. The predicted octanol–water partition coefficient (Wildman–Crippen LogP) is 3.27. The van der Waals surface area contributed by atoms with E-state index in [4.69, 9.17) is 5.73 Å². The third-order valence-electron chi connectivity index (χ3n) is 3.72. The molecule has 0 aliphatic heterocycles. The van der Waals surface area contributed by atoms with Crippen molar-refractivity contribution in [2.75, 3.05) is 11.9 Å². The summed E-state index contributed by atoms with van der Waals surface area (Å²) in [5.74, 6) is -0.740. The Morgan fingerprint density at radius 1 is 0.964 bits per heavy atom. The fraction of sp³-hybridized carbons (Fsp3) is 0.263. The van der Waals surface area contributed by atoms with Crippen LogP contribution in [0.5, 0.6) is 0 Å². The third kappa shape index (κ3) is 7.58. The van der Waals surface area contributed by atoms with Crippen molar-refractivity contribution in [3.8, 4) is 0 Å². The molecule has 0 unspecified atom stereocenters. The summed E-state index contributed by atoms with van der Waals surface area (Å²) in [6.07, 6.45) is -4.40. The first-order valence-corrected chi connectivity index (χ1v) is 8.29. The molecule has 0 aromatic heterocycles. The molecule has 9 heteroatoms. The number of halogens is 4. The summed E-state index contributed by atoms with van der Waals surface area (Å²) in [6, 6.07) is 12.3. The minimum Gasteiger partial charge on any atom is -0.355 e. The fourth-order valence-corrected chi connectivity index (χ4v) is 2.43. The molecule has 2 aromatic rings. The third-order valence-corrected chi connectivity index (χ3v) is 3.72. The highest BCUT2D eigenvalue weighted by Gasteiger charge is 2.31. The van der Waals surface area contributed by atoms with Crippen molar-refractivity contribution in [3.05, 3.63) is 65.2 Å². The molecule has 0 bridgehead atoms. The molecular weight excluding hydrogens is 395 g/mol. The van der Waals surface area contributed by atoms with Crippen LogP contribution < -0.4 is 16.4 Å². The normalized spacial score (nSPS) is 10.7. The number of carbonyl (C=O) groups is 2. The first-order valence-electron chi connectivity index (χ1n) is 8.29. The molecular formula is C19H21ClF3N3O2. The lowest BCUT2D eigenvalue weighted by atomic mass is 10.1. The standard InChI is InChI=1S/C19H20F3N3O2.ClH/c20-19(21,22)15-8-14(12-23)9-16(11-15)25-17(26)6-7-24-18(27)10-13-4-2-1-3-5-13;/h1-5,8-9,11H,6-7,10,12,23H2,(H,24,27)(H,25,26);1H. The van der Waals surface area contributed by atoms with Gasteiger partial charge in [0, 0.05) is 25.2 Å². The largest absolute Gasteiger partial charge is 0.416 e. The Bertz CT molecular complexity index is 799. The summed E-state index contributed by atoms with van der Waals surface area (Å²) < 4.78 is 38.7. The number of hydrogen-bond donors (Lipinski definition) is 3. The average molecular weight is 416 g/mol. The van der Waals surface area contributed by atoms with Crippen molar-refractivity contribution in [2.45, 2.75) is 25.6 Å². The smallest absolute Gasteiger partial charge is 0.355 e. The maximum absolute atomic E-state index is 12.9. The Labute approximate surface area is 166 Å². The number of hydrogen-bond acceptors (Lipinski definition) is 3. The zero-order valence-electron chi connectivity index (χ0n) is 14.9. The number of rotatable bonds is 7. The van der Waals surface area contributed by atoms with Crippen LogP contribution in [0.15, 0.2) is 48.5 Å². The van der Waals surface area contributed by atoms with Crippen LogP contribution >= 0.6 is 12.4 Å². The van der Waals surface area contributed by atoms with Crippen molar-refractivity contribution >= 4 is 29.9 Å². The van der Waals surface area contributed by atoms with E-state index in [-0.39, 0.29) is 55.5 Å². The summed E-state index contributed by atoms with van der Waals surface area (Å²) in [6.45, 7) is 0.00252. The van der Waals surface area contributed by atoms with Gasteiger partial charge in [0.1, 0.15) is 0 Å². The topological polar surface area (TPSA) is 84.2 Å². The highest BCUT2D eigenvalue weighted by atomic mass is 35.5. The van der Waals surface area contributed by atoms with E-state index in [0.717, 1.165) is 17.7 Å². The second-order valence-electron chi connectivity index (χ2n) is 5.93. The van der Waals surface area contributed by atoms with Crippen LogP contribution in [0, 0.1) is 0 Å². The van der Waals surface area contributed by atoms with Gasteiger partial charge in [-0.05, 0) is 29.3 Å². The molecule has 5 nitrogen and oxygen atoms in total. The average Bonchev–Trinajstić information content (AvgIpc) is 2.61. The van der Waals surface area contributed by atoms with Crippen molar-refractivity contribution in [2.24, 2.45) is 5.73 Å². The van der Waals surface area contributed by atoms with Crippen LogP contribution in [0.4, 0.5) is 18.9 Å². The predicted molar refractivity (Wildman–Crippen MR) is 103 cm³/mol. The first kappa shape index (κ1) is 23.5. The van der Waals surface area contributed by atoms with Crippen molar-refractivity contribution in [1.29, 1.82) is 0 Å². The second kappa shape index (κ2) is 10.7. The van der Waals surface area contributed by atoms with Gasteiger partial charge in [0.2, 0.25) is 11.8 Å². The van der Waals surface area contributed by atoms with Gasteiger partial charge in [-0.1, -0.05) is 30.3 Å². The molecule has 0 aliphatic carbocycles. The van der Waals surface area contributed by atoms with Crippen LogP contribution in [0.2, 0.25) is 0 Å². The van der Waals surface area contributed by atoms with Gasteiger partial charge in [-0.25, -0.2) is 0 Å². The van der Waals surface area contributed by atoms with Crippen molar-refractivity contribution in [1.82, 2.24) is 5.32 Å². The molecule has 0 heterocycles. The zero-order valence-corrected chi connectivity index (χ0v) is 15.7. The first-order chi connectivity index (χ1) is 12.8. The van der Waals surface area contributed by atoms with Gasteiger partial charge in [-0.3, -0.25) is 9.59 Å². The second-order valence-corrected chi connectivity index (χ2v) is 5.93. The molecule has 0 saturated heterocycles. The summed E-state index contributed by atoms with van der Waals surface area (Å²) in [7, 11) is 0. The molecule has 2 amide bonds. The quantitative estimate of drug-likeness (QED) is 0.649. The highest BCUT2D eigenvalue weighted by molar-refractivity contribution is 5.91. The molecule has 4 N–H and O–H groups in total. The zero-order chi connectivity index (χ0) is 19.9. The van der Waals surface area contributed by atoms with Gasteiger partial charge < -0.3 is 16.4 Å². The molecule has 28 heavy (non-hydrogen) atoms. The SMILES string of the molecule is Cl.NCc1cc(NC(=O)CCNC(=O)Cc2ccccc2)cc(C(F)(F)F)c1. The Balaban J connectivity index is 0.00000392. The fourth-order valence-electron chi connectivity index (χ4n) is 2.43. The number of anilines is 1. The molecule has 0 radical (unpaired) electrons. The molecule has 0 saturated carbocycles. The Morgan fingerprint density at radius 3 is 2.25 bits per heavy atom. The van der Waals surface area contributed by atoms with Gasteiger partial charge >= 0.3 is 6.18 Å². The highest BCUT2D eigenvalue weighted by Crippen LogP contribution is 2.32. The van der Waals surface area contributed by atoms with Gasteiger partial charge in [-0.15, -0.1) is 12.4 Å². The molecule has 2 rings (SSSR count). The molecule has 0 spiro atoms. The van der Waals surface area contributed by atoms with Gasteiger partial charge in [0.05, 0.1) is 12.0 Å². The lowest BCUT2D eigenvalue weighted by Gasteiger charge is -2.12. The van der Waals surface area contributed by atoms with Crippen molar-refractivity contribution < 1.29 is 22.8 Å². The van der Waals surface area contributed by atoms with Crippen molar-refractivity contribution in [3.63, 3.8) is 0 Å². The van der Waals surface area contributed by atoms with Crippen LogP contribution in [-0.4, -0.2) is 18.4 Å². The van der Waals surface area contributed by atoms with Gasteiger partial charge in [-0.2, -0.15) is 13.2 Å². The van der Waals surface area contributed by atoms with Crippen LogP contribution in [0.1, 0.15) is 23.1 Å². The lowest BCUT2D eigenvalue weighted by molar-refractivity contribution is -0.137. The number of carbonyl (C=O) groups excluding carboxylic acids is 2. The lowest BCUT2D eigenvalue weighted by Crippen LogP contribution is -2.29. The van der Waals surface area contributed by atoms with E-state index in [0.29, 0.717) is 0 Å². The van der Waals surface area contributed by atoms with E-state index in [9.17, 15) is 22.8 Å². The molecule has 2 aromatic carbocycles. The molecule has 152 valence electrons. The Hall–Kier alpha value is -2.58. The number of alkyl halides is 3. The van der Waals surface area contributed by atoms with Crippen LogP contribution in [0.3, 0.4) is 0 Å². The maximum Gasteiger partial charge on any atom is 0.416 e. The van der Waals surface area contributed by atoms with Crippen LogP contribution in [-0.2, 0) is 28.7 Å². The van der Waals surface area contributed by atoms with Crippen LogP contribution in [0.25, 0.3) is 0 Å². The summed E-state index contributed by atoms with van der Waals surface area (Å²) >= 11 is 0. The number of benzene rings is 2. The van der Waals surface area contributed by atoms with E-state index in [2.05, 4.69) is 10.6 Å². The monoisotopic (exact) mass is 415 g/mol. The maximum atomic E-state index is 12.9. The minimum absolute atomic E-state index is 0. The van der Waals surface area contributed by atoms with E-state index < -0.39 is 17.6 Å². The Kier molecular flexibility index (Phi) is 8.94.